The largest absolute Gasteiger partial charge is 0.325 e. The molecular formula is C18H15ClN6OS. The van der Waals surface area contributed by atoms with Crippen LogP contribution in [0.15, 0.2) is 53.8 Å². The van der Waals surface area contributed by atoms with Gasteiger partial charge in [0, 0.05) is 28.7 Å². The van der Waals surface area contributed by atoms with E-state index in [1.807, 2.05) is 54.1 Å². The predicted octanol–water partition coefficient (Wildman–Crippen LogP) is 3.74. The summed E-state index contributed by atoms with van der Waals surface area (Å²) >= 11 is 7.36. The van der Waals surface area contributed by atoms with Crippen molar-refractivity contribution in [1.29, 1.82) is 0 Å². The zero-order valence-corrected chi connectivity index (χ0v) is 15.9. The molecule has 4 rings (SSSR count). The van der Waals surface area contributed by atoms with E-state index in [2.05, 4.69) is 25.7 Å². The van der Waals surface area contributed by atoms with Gasteiger partial charge in [-0.2, -0.15) is 5.10 Å². The molecule has 2 heterocycles. The monoisotopic (exact) mass is 398 g/mol. The second kappa shape index (κ2) is 7.42. The molecule has 136 valence electrons. The van der Waals surface area contributed by atoms with E-state index in [0.29, 0.717) is 16.0 Å². The lowest BCUT2D eigenvalue weighted by molar-refractivity contribution is -0.113. The van der Waals surface area contributed by atoms with Crippen molar-refractivity contribution in [2.75, 3.05) is 11.1 Å². The molecule has 0 fully saturated rings. The molecule has 0 saturated heterocycles. The Morgan fingerprint density at radius 2 is 2.15 bits per heavy atom. The molecule has 0 bridgehead atoms. The van der Waals surface area contributed by atoms with Crippen LogP contribution in [0.2, 0.25) is 5.02 Å². The number of rotatable bonds is 5. The average Bonchev–Trinajstić information content (AvgIpc) is 3.26. The summed E-state index contributed by atoms with van der Waals surface area (Å²) in [6.45, 7) is 0. The van der Waals surface area contributed by atoms with Crippen LogP contribution in [0.4, 0.5) is 5.69 Å². The molecule has 0 aliphatic rings. The summed E-state index contributed by atoms with van der Waals surface area (Å²) in [5.74, 6) is 0.805. The average molecular weight is 399 g/mol. The zero-order valence-electron chi connectivity index (χ0n) is 14.3. The highest BCUT2D eigenvalue weighted by molar-refractivity contribution is 7.99. The number of nitrogens with one attached hydrogen (secondary N) is 2. The van der Waals surface area contributed by atoms with Gasteiger partial charge in [0.15, 0.2) is 11.0 Å². The van der Waals surface area contributed by atoms with Crippen LogP contribution in [0.25, 0.3) is 22.3 Å². The van der Waals surface area contributed by atoms with Gasteiger partial charge in [0.2, 0.25) is 5.91 Å². The molecule has 4 aromatic rings. The number of nitrogens with zero attached hydrogens (tertiary/aromatic N) is 4. The summed E-state index contributed by atoms with van der Waals surface area (Å²) in [5.41, 5.74) is 2.47. The van der Waals surface area contributed by atoms with Crippen molar-refractivity contribution >= 4 is 45.9 Å². The van der Waals surface area contributed by atoms with Crippen molar-refractivity contribution in [2.24, 2.45) is 7.05 Å². The first kappa shape index (κ1) is 17.6. The second-order valence-corrected chi connectivity index (χ2v) is 7.26. The summed E-state index contributed by atoms with van der Waals surface area (Å²) in [7, 11) is 1.86. The topological polar surface area (TPSA) is 88.5 Å². The fourth-order valence-corrected chi connectivity index (χ4v) is 3.56. The van der Waals surface area contributed by atoms with Gasteiger partial charge in [-0.1, -0.05) is 35.5 Å². The molecule has 7 nitrogen and oxygen atoms in total. The molecule has 2 N–H and O–H groups in total. The minimum atomic E-state index is -0.119. The number of hydrogen-bond donors (Lipinski definition) is 2. The van der Waals surface area contributed by atoms with E-state index in [4.69, 9.17) is 11.6 Å². The Balaban J connectivity index is 1.41. The van der Waals surface area contributed by atoms with Crippen molar-refractivity contribution in [1.82, 2.24) is 25.0 Å². The quantitative estimate of drug-likeness (QED) is 0.500. The van der Waals surface area contributed by atoms with Crippen LogP contribution in [0.3, 0.4) is 0 Å². The number of aromatic nitrogens is 5. The highest BCUT2D eigenvalue weighted by atomic mass is 35.5. The van der Waals surface area contributed by atoms with E-state index < -0.39 is 0 Å². The number of carbonyl (C=O) groups is 1. The molecule has 0 radical (unpaired) electrons. The van der Waals surface area contributed by atoms with Crippen LogP contribution in [-0.4, -0.2) is 36.6 Å². The molecule has 2 aromatic carbocycles. The Kier molecular flexibility index (Phi) is 4.83. The Morgan fingerprint density at radius 3 is 3.00 bits per heavy atom. The molecule has 2 aromatic heterocycles. The Hall–Kier alpha value is -2.84. The molecule has 27 heavy (non-hydrogen) atoms. The normalized spacial score (nSPS) is 11.0. The van der Waals surface area contributed by atoms with E-state index in [0.717, 1.165) is 22.2 Å². The molecule has 9 heteroatoms. The highest BCUT2D eigenvalue weighted by Crippen LogP contribution is 2.25. The summed E-state index contributed by atoms with van der Waals surface area (Å²) in [5, 5.41) is 20.4. The summed E-state index contributed by atoms with van der Waals surface area (Å²) < 4.78 is 1.85. The van der Waals surface area contributed by atoms with Gasteiger partial charge in [-0.05, 0) is 30.3 Å². The number of hydrogen-bond acceptors (Lipinski definition) is 5. The standard InChI is InChI=1S/C18H15ClN6OS/c1-25-17(11-3-2-4-13(19)7-11)23-24-18(25)27-10-16(26)21-14-6-5-12-9-20-22-15(12)8-14/h2-9H,10H2,1H3,(H,20,22)(H,21,26). The first-order valence-electron chi connectivity index (χ1n) is 8.11. The number of H-pyrrole nitrogens is 1. The summed E-state index contributed by atoms with van der Waals surface area (Å²) in [6.07, 6.45) is 1.74. The van der Waals surface area contributed by atoms with Gasteiger partial charge in [-0.25, -0.2) is 0 Å². The molecular weight excluding hydrogens is 384 g/mol. The van der Waals surface area contributed by atoms with Crippen molar-refractivity contribution < 1.29 is 4.79 Å². The third-order valence-corrected chi connectivity index (χ3v) is 5.23. The lowest BCUT2D eigenvalue weighted by Crippen LogP contribution is -2.14. The second-order valence-electron chi connectivity index (χ2n) is 5.88. The van der Waals surface area contributed by atoms with Crippen LogP contribution in [0.5, 0.6) is 0 Å². The first-order chi connectivity index (χ1) is 13.1. The third kappa shape index (κ3) is 3.81. The van der Waals surface area contributed by atoms with Gasteiger partial charge in [0.1, 0.15) is 0 Å². The number of aromatic amines is 1. The summed E-state index contributed by atoms with van der Waals surface area (Å²) in [6, 6.07) is 13.0. The van der Waals surface area contributed by atoms with E-state index in [9.17, 15) is 4.79 Å². The van der Waals surface area contributed by atoms with E-state index in [1.54, 1.807) is 6.20 Å². The molecule has 0 saturated carbocycles. The van der Waals surface area contributed by atoms with Gasteiger partial charge >= 0.3 is 0 Å². The fourth-order valence-electron chi connectivity index (χ4n) is 2.66. The van der Waals surface area contributed by atoms with Gasteiger partial charge < -0.3 is 9.88 Å². The fraction of sp³-hybridized carbons (Fsp3) is 0.111. The van der Waals surface area contributed by atoms with E-state index in [1.165, 1.54) is 11.8 Å². The first-order valence-corrected chi connectivity index (χ1v) is 9.47. The Morgan fingerprint density at radius 1 is 1.26 bits per heavy atom. The number of halogens is 1. The lowest BCUT2D eigenvalue weighted by atomic mass is 10.2. The number of anilines is 1. The molecule has 0 spiro atoms. The van der Waals surface area contributed by atoms with Gasteiger partial charge in [-0.15, -0.1) is 10.2 Å². The van der Waals surface area contributed by atoms with Crippen LogP contribution in [0, 0.1) is 0 Å². The SMILES string of the molecule is Cn1c(SCC(=O)Nc2ccc3cn[nH]c3c2)nnc1-c1cccc(Cl)c1. The maximum absolute atomic E-state index is 12.3. The number of thioether (sulfide) groups is 1. The Labute approximate surface area is 164 Å². The molecule has 1 amide bonds. The van der Waals surface area contributed by atoms with Crippen LogP contribution >= 0.6 is 23.4 Å². The number of amides is 1. The van der Waals surface area contributed by atoms with E-state index >= 15 is 0 Å². The minimum absolute atomic E-state index is 0.119. The summed E-state index contributed by atoms with van der Waals surface area (Å²) in [4.78, 5) is 12.3. The van der Waals surface area contributed by atoms with Crippen molar-refractivity contribution in [3.63, 3.8) is 0 Å². The number of carbonyl (C=O) groups excluding carboxylic acids is 1. The highest BCUT2D eigenvalue weighted by Gasteiger charge is 2.13. The van der Waals surface area contributed by atoms with Crippen LogP contribution in [0.1, 0.15) is 0 Å². The van der Waals surface area contributed by atoms with Gasteiger partial charge in [0.25, 0.3) is 0 Å². The lowest BCUT2D eigenvalue weighted by Gasteiger charge is -2.06. The maximum Gasteiger partial charge on any atom is 0.234 e. The molecule has 0 atom stereocenters. The number of fused-ring (bicyclic) bond motifs is 1. The maximum atomic E-state index is 12.3. The van der Waals surface area contributed by atoms with Gasteiger partial charge in [0.05, 0.1) is 17.5 Å². The van der Waals surface area contributed by atoms with Crippen molar-refractivity contribution in [3.05, 3.63) is 53.7 Å². The third-order valence-electron chi connectivity index (χ3n) is 3.98. The zero-order chi connectivity index (χ0) is 18.8. The smallest absolute Gasteiger partial charge is 0.234 e. The Bertz CT molecular complexity index is 1120. The molecule has 0 aliphatic carbocycles. The molecule has 0 unspecified atom stereocenters. The predicted molar refractivity (Wildman–Crippen MR) is 107 cm³/mol. The molecule has 0 aliphatic heterocycles. The van der Waals surface area contributed by atoms with Crippen LogP contribution in [-0.2, 0) is 11.8 Å². The van der Waals surface area contributed by atoms with Crippen LogP contribution < -0.4 is 5.32 Å². The van der Waals surface area contributed by atoms with Crippen molar-refractivity contribution in [2.45, 2.75) is 5.16 Å². The number of benzene rings is 2. The van der Waals surface area contributed by atoms with Crippen molar-refractivity contribution in [3.8, 4) is 11.4 Å². The minimum Gasteiger partial charge on any atom is -0.325 e. The van der Waals surface area contributed by atoms with E-state index in [-0.39, 0.29) is 11.7 Å². The van der Waals surface area contributed by atoms with Gasteiger partial charge in [-0.3, -0.25) is 9.89 Å².